The first kappa shape index (κ1) is 18.4. The summed E-state index contributed by atoms with van der Waals surface area (Å²) in [5.74, 6) is -0.554. The molecule has 2 heterocycles. The van der Waals surface area contributed by atoms with Gasteiger partial charge in [0.25, 0.3) is 5.91 Å². The van der Waals surface area contributed by atoms with Crippen LogP contribution in [0.15, 0.2) is 30.5 Å². The van der Waals surface area contributed by atoms with Gasteiger partial charge in [0.15, 0.2) is 5.69 Å². The van der Waals surface area contributed by atoms with Gasteiger partial charge in [0, 0.05) is 36.9 Å². The normalized spacial score (nSPS) is 17.6. The van der Waals surface area contributed by atoms with Crippen molar-refractivity contribution in [3.63, 3.8) is 0 Å². The van der Waals surface area contributed by atoms with E-state index in [1.807, 2.05) is 6.07 Å². The monoisotopic (exact) mass is 389 g/mol. The highest BCUT2D eigenvalue weighted by Crippen LogP contribution is 2.38. The number of pyridine rings is 1. The van der Waals surface area contributed by atoms with Crippen LogP contribution in [0.5, 0.6) is 0 Å². The quantitative estimate of drug-likeness (QED) is 0.580. The van der Waals surface area contributed by atoms with Crippen LogP contribution in [0.4, 0.5) is 11.5 Å². The summed E-state index contributed by atoms with van der Waals surface area (Å²) >= 11 is 0. The average molecular weight is 389 g/mol. The van der Waals surface area contributed by atoms with E-state index in [9.17, 15) is 9.59 Å². The first-order valence-corrected chi connectivity index (χ1v) is 9.07. The minimum Gasteiger partial charge on any atom is -0.398 e. The molecular formula is C20H19N7O2. The number of nitrogen functional groups attached to an aromatic ring is 1. The number of nitrogens with two attached hydrogens (primary N) is 1. The Labute approximate surface area is 166 Å². The van der Waals surface area contributed by atoms with Crippen molar-refractivity contribution in [2.75, 3.05) is 18.1 Å². The van der Waals surface area contributed by atoms with Crippen LogP contribution in [-0.4, -0.2) is 33.6 Å². The van der Waals surface area contributed by atoms with Crippen LogP contribution in [-0.2, 0) is 11.8 Å². The molecule has 9 heteroatoms. The molecule has 4 N–H and O–H groups in total. The molecule has 1 unspecified atom stereocenters. The van der Waals surface area contributed by atoms with Gasteiger partial charge in [-0.2, -0.15) is 10.4 Å². The van der Waals surface area contributed by atoms with Crippen molar-refractivity contribution in [1.29, 1.82) is 5.26 Å². The van der Waals surface area contributed by atoms with Crippen molar-refractivity contribution >= 4 is 34.1 Å². The molecule has 1 fully saturated rings. The van der Waals surface area contributed by atoms with E-state index in [4.69, 9.17) is 11.0 Å². The van der Waals surface area contributed by atoms with Crippen LogP contribution < -0.4 is 16.4 Å². The van der Waals surface area contributed by atoms with Gasteiger partial charge in [-0.25, -0.2) is 4.98 Å². The van der Waals surface area contributed by atoms with Crippen molar-refractivity contribution in [1.82, 2.24) is 20.1 Å². The number of carbonyl (C=O) groups excluding carboxylic acids is 2. The van der Waals surface area contributed by atoms with Crippen LogP contribution in [0.3, 0.4) is 0 Å². The number of aryl methyl sites for hydroxylation is 1. The van der Waals surface area contributed by atoms with Gasteiger partial charge in [-0.15, -0.1) is 0 Å². The third-order valence-corrected chi connectivity index (χ3v) is 5.05. The zero-order valence-electron chi connectivity index (χ0n) is 15.9. The van der Waals surface area contributed by atoms with Gasteiger partial charge in [-0.3, -0.25) is 14.3 Å². The molecule has 2 aromatic heterocycles. The Hall–Kier alpha value is -3.93. The van der Waals surface area contributed by atoms with Crippen molar-refractivity contribution < 1.29 is 9.59 Å². The maximum atomic E-state index is 12.2. The first-order chi connectivity index (χ1) is 13.9. The second kappa shape index (κ2) is 6.91. The molecule has 2 amide bonds. The highest BCUT2D eigenvalue weighted by atomic mass is 16.2. The molecule has 0 spiro atoms. The number of nitriles is 1. The summed E-state index contributed by atoms with van der Waals surface area (Å²) in [5, 5.41) is 20.0. The van der Waals surface area contributed by atoms with Gasteiger partial charge in [0.2, 0.25) is 5.91 Å². The van der Waals surface area contributed by atoms with E-state index in [-0.39, 0.29) is 23.7 Å². The Bertz CT molecular complexity index is 1190. The molecule has 1 saturated carbocycles. The largest absolute Gasteiger partial charge is 0.398 e. The molecule has 0 saturated heterocycles. The number of nitrogens with zero attached hydrogens (tertiary/aromatic N) is 4. The van der Waals surface area contributed by atoms with Gasteiger partial charge < -0.3 is 16.4 Å². The Morgan fingerprint density at radius 2 is 2.10 bits per heavy atom. The van der Waals surface area contributed by atoms with Crippen LogP contribution in [0, 0.1) is 23.2 Å². The van der Waals surface area contributed by atoms with Crippen LogP contribution in [0.1, 0.15) is 16.9 Å². The Morgan fingerprint density at radius 3 is 2.79 bits per heavy atom. The van der Waals surface area contributed by atoms with Crippen LogP contribution >= 0.6 is 0 Å². The lowest BCUT2D eigenvalue weighted by atomic mass is 10.0. The number of carbonyl (C=O) groups is 2. The molecule has 9 nitrogen and oxygen atoms in total. The number of hydrogen-bond acceptors (Lipinski definition) is 6. The van der Waals surface area contributed by atoms with E-state index in [2.05, 4.69) is 26.8 Å². The average Bonchev–Trinajstić information content (AvgIpc) is 3.41. The molecule has 1 aromatic carbocycles. The summed E-state index contributed by atoms with van der Waals surface area (Å²) in [6.07, 6.45) is 2.19. The van der Waals surface area contributed by atoms with Crippen LogP contribution in [0.2, 0.25) is 0 Å². The number of hydrogen-bond donors (Lipinski definition) is 3. The van der Waals surface area contributed by atoms with E-state index in [1.54, 1.807) is 43.2 Å². The number of nitrogens with one attached hydrogen (secondary N) is 2. The number of anilines is 2. The van der Waals surface area contributed by atoms with Crippen molar-refractivity contribution in [3.05, 3.63) is 36.2 Å². The fourth-order valence-corrected chi connectivity index (χ4v) is 3.33. The van der Waals surface area contributed by atoms with E-state index >= 15 is 0 Å². The van der Waals surface area contributed by atoms with Gasteiger partial charge in [-0.05, 0) is 36.1 Å². The lowest BCUT2D eigenvalue weighted by Crippen LogP contribution is -2.18. The molecule has 2 atom stereocenters. The highest BCUT2D eigenvalue weighted by Gasteiger charge is 2.43. The fourth-order valence-electron chi connectivity index (χ4n) is 3.33. The summed E-state index contributed by atoms with van der Waals surface area (Å²) in [5.41, 5.74) is 8.56. The second-order valence-corrected chi connectivity index (χ2v) is 7.04. The minimum absolute atomic E-state index is 0.200. The maximum Gasteiger partial charge on any atom is 0.271 e. The maximum absolute atomic E-state index is 12.2. The third-order valence-electron chi connectivity index (χ3n) is 5.05. The zero-order valence-corrected chi connectivity index (χ0v) is 15.9. The van der Waals surface area contributed by atoms with Gasteiger partial charge in [0.1, 0.15) is 5.82 Å². The number of amides is 2. The molecule has 0 aliphatic heterocycles. The summed E-state index contributed by atoms with van der Waals surface area (Å²) < 4.78 is 1.62. The molecular weight excluding hydrogens is 370 g/mol. The Kier molecular flexibility index (Phi) is 4.39. The third kappa shape index (κ3) is 3.36. The lowest BCUT2D eigenvalue weighted by molar-refractivity contribution is -0.117. The number of rotatable bonds is 4. The SMILES string of the molecule is CNC(=O)c1cc(-c2cc(N)c3cnc(NC(=O)[C@H]4CC4C#N)cc3c2)n(C)n1. The topological polar surface area (TPSA) is 139 Å². The van der Waals surface area contributed by atoms with E-state index in [0.29, 0.717) is 23.6 Å². The van der Waals surface area contributed by atoms with Gasteiger partial charge in [0.05, 0.1) is 23.6 Å². The highest BCUT2D eigenvalue weighted by molar-refractivity contribution is 6.00. The Morgan fingerprint density at radius 1 is 1.31 bits per heavy atom. The second-order valence-electron chi connectivity index (χ2n) is 7.04. The predicted octanol–water partition coefficient (Wildman–Crippen LogP) is 1.68. The summed E-state index contributed by atoms with van der Waals surface area (Å²) in [7, 11) is 3.30. The summed E-state index contributed by atoms with van der Waals surface area (Å²) in [4.78, 5) is 28.3. The molecule has 1 aliphatic carbocycles. The number of benzene rings is 1. The predicted molar refractivity (Wildman–Crippen MR) is 108 cm³/mol. The van der Waals surface area contributed by atoms with Crippen LogP contribution in [0.25, 0.3) is 22.0 Å². The van der Waals surface area contributed by atoms with E-state index in [0.717, 1.165) is 22.0 Å². The molecule has 3 aromatic rings. The number of fused-ring (bicyclic) bond motifs is 1. The van der Waals surface area contributed by atoms with E-state index < -0.39 is 0 Å². The van der Waals surface area contributed by atoms with Crippen molar-refractivity contribution in [2.45, 2.75) is 6.42 Å². The van der Waals surface area contributed by atoms with Gasteiger partial charge >= 0.3 is 0 Å². The molecule has 29 heavy (non-hydrogen) atoms. The molecule has 1 aliphatic rings. The zero-order chi connectivity index (χ0) is 20.7. The van der Waals surface area contributed by atoms with Gasteiger partial charge in [-0.1, -0.05) is 0 Å². The molecule has 0 bridgehead atoms. The van der Waals surface area contributed by atoms with E-state index in [1.165, 1.54) is 0 Å². The first-order valence-electron chi connectivity index (χ1n) is 9.07. The standard InChI is InChI=1S/C20H19N7O2/c1-23-20(29)16-7-17(27(2)26-16)11-3-10-6-18(24-9-14(10)15(22)5-11)25-19(28)13-4-12(13)8-21/h3,5-7,9,12-13H,4,22H2,1-2H3,(H,23,29)(H,24,25,28)/t12?,13-/m0/s1. The molecule has 146 valence electrons. The minimum atomic E-state index is -0.273. The van der Waals surface area contributed by atoms with Crippen molar-refractivity contribution in [2.24, 2.45) is 18.9 Å². The summed E-state index contributed by atoms with van der Waals surface area (Å²) in [6.45, 7) is 0. The number of aromatic nitrogens is 3. The fraction of sp³-hybridized carbons (Fsp3) is 0.250. The molecule has 0 radical (unpaired) electrons. The summed E-state index contributed by atoms with van der Waals surface area (Å²) in [6, 6.07) is 9.24. The van der Waals surface area contributed by atoms with Crippen molar-refractivity contribution in [3.8, 4) is 17.3 Å². The smallest absolute Gasteiger partial charge is 0.271 e. The molecule has 4 rings (SSSR count). The lowest BCUT2D eigenvalue weighted by Gasteiger charge is -2.09. The Balaban J connectivity index is 1.68.